The van der Waals surface area contributed by atoms with Gasteiger partial charge in [-0.3, -0.25) is 9.59 Å². The van der Waals surface area contributed by atoms with Crippen LogP contribution in [0.3, 0.4) is 0 Å². The summed E-state index contributed by atoms with van der Waals surface area (Å²) in [5.74, 6) is -3.73. The highest BCUT2D eigenvalue weighted by Gasteiger charge is 2.36. The summed E-state index contributed by atoms with van der Waals surface area (Å²) in [6.07, 6.45) is 1.72. The number of nitrogens with zero attached hydrogens (tertiary/aromatic N) is 1. The average molecular weight is 386 g/mol. The molecule has 0 aliphatic carbocycles. The molecule has 8 heteroatoms. The lowest BCUT2D eigenvalue weighted by atomic mass is 10.1. The highest BCUT2D eigenvalue weighted by Crippen LogP contribution is 2.37. The number of hydrogen-bond donors (Lipinski definition) is 1. The molecule has 144 valence electrons. The van der Waals surface area contributed by atoms with Crippen molar-refractivity contribution >= 4 is 29.0 Å². The first-order valence-corrected chi connectivity index (χ1v) is 8.81. The molecular weight excluding hydrogens is 370 g/mol. The molecule has 2 aliphatic rings. The number of benzene rings is 2. The fraction of sp³-hybridized carbons (Fsp3) is 0.250. The van der Waals surface area contributed by atoms with Gasteiger partial charge in [0, 0.05) is 12.1 Å². The van der Waals surface area contributed by atoms with Crippen molar-refractivity contribution in [3.8, 4) is 0 Å². The molecule has 0 saturated carbocycles. The van der Waals surface area contributed by atoms with Crippen molar-refractivity contribution in [1.82, 2.24) is 0 Å². The van der Waals surface area contributed by atoms with Gasteiger partial charge in [-0.25, -0.2) is 13.6 Å². The van der Waals surface area contributed by atoms with Crippen molar-refractivity contribution < 1.29 is 27.9 Å². The lowest BCUT2D eigenvalue weighted by Crippen LogP contribution is -2.43. The summed E-state index contributed by atoms with van der Waals surface area (Å²) in [6, 6.07) is 7.34. The van der Waals surface area contributed by atoms with Gasteiger partial charge in [-0.05, 0) is 49.2 Å². The molecule has 2 aromatic carbocycles. The molecule has 4 rings (SSSR count). The minimum atomic E-state index is -1.15. The fourth-order valence-electron chi connectivity index (χ4n) is 3.52. The second kappa shape index (κ2) is 7.03. The molecule has 1 atom stereocenters. The first kappa shape index (κ1) is 18.1. The Labute approximate surface area is 159 Å². The molecule has 0 bridgehead atoms. The number of esters is 1. The molecule has 0 radical (unpaired) electrons. The molecular formula is C20H16F2N2O4. The third-order valence-electron chi connectivity index (χ3n) is 4.93. The van der Waals surface area contributed by atoms with Crippen LogP contribution in [0.5, 0.6) is 0 Å². The third kappa shape index (κ3) is 3.21. The van der Waals surface area contributed by atoms with Crippen LogP contribution < -0.4 is 10.2 Å². The highest BCUT2D eigenvalue weighted by molar-refractivity contribution is 6.06. The second-order valence-corrected chi connectivity index (χ2v) is 6.70. The van der Waals surface area contributed by atoms with E-state index in [4.69, 9.17) is 4.74 Å². The largest absolute Gasteiger partial charge is 0.454 e. The summed E-state index contributed by atoms with van der Waals surface area (Å²) in [5, 5.41) is 2.80. The van der Waals surface area contributed by atoms with Gasteiger partial charge in [-0.15, -0.1) is 0 Å². The minimum absolute atomic E-state index is 0.0931. The van der Waals surface area contributed by atoms with E-state index in [1.165, 1.54) is 6.07 Å². The summed E-state index contributed by atoms with van der Waals surface area (Å²) in [5.41, 5.74) is 1.44. The van der Waals surface area contributed by atoms with Crippen LogP contribution in [0.4, 0.5) is 20.2 Å². The number of Topliss-reactive ketones (excluding diaryl/α,β-unsaturated/α-hetero) is 1. The Kier molecular flexibility index (Phi) is 4.54. The zero-order valence-corrected chi connectivity index (χ0v) is 14.7. The molecule has 2 aliphatic heterocycles. The molecule has 6 nitrogen and oxygen atoms in total. The fourth-order valence-corrected chi connectivity index (χ4v) is 3.52. The van der Waals surface area contributed by atoms with E-state index in [0.717, 1.165) is 43.3 Å². The Morgan fingerprint density at radius 3 is 2.68 bits per heavy atom. The van der Waals surface area contributed by atoms with Gasteiger partial charge in [0.2, 0.25) is 5.91 Å². The Bertz CT molecular complexity index is 992. The van der Waals surface area contributed by atoms with Gasteiger partial charge < -0.3 is 15.0 Å². The van der Waals surface area contributed by atoms with Crippen LogP contribution in [0.1, 0.15) is 33.6 Å². The zero-order chi connectivity index (χ0) is 19.8. The molecule has 1 saturated heterocycles. The van der Waals surface area contributed by atoms with Crippen LogP contribution in [0.2, 0.25) is 0 Å². The topological polar surface area (TPSA) is 75.7 Å². The van der Waals surface area contributed by atoms with Gasteiger partial charge in [-0.2, -0.15) is 0 Å². The number of carbonyl (C=O) groups excluding carboxylic acids is 3. The highest BCUT2D eigenvalue weighted by atomic mass is 19.2. The van der Waals surface area contributed by atoms with E-state index in [-0.39, 0.29) is 23.1 Å². The number of anilines is 2. The number of nitrogens with one attached hydrogen (secondary N) is 1. The third-order valence-corrected chi connectivity index (χ3v) is 4.93. The molecule has 0 spiro atoms. The number of ketones is 1. The van der Waals surface area contributed by atoms with Crippen LogP contribution in [0, 0.1) is 11.6 Å². The second-order valence-electron chi connectivity index (χ2n) is 6.70. The molecule has 2 heterocycles. The summed E-state index contributed by atoms with van der Waals surface area (Å²) in [7, 11) is 0. The van der Waals surface area contributed by atoms with Gasteiger partial charge in [0.15, 0.2) is 24.0 Å². The standard InChI is InChI=1S/C20H16F2N2O4/c21-13-5-3-11(8-14(13)22)18(25)10-28-20(27)12-4-6-16-15(9-12)23-19(26)17-2-1-7-24(16)17/h3-6,8-9,17H,1-2,7,10H2,(H,23,26)/t17-/m1/s1. The van der Waals surface area contributed by atoms with Crippen molar-refractivity contribution in [1.29, 1.82) is 0 Å². The van der Waals surface area contributed by atoms with Gasteiger partial charge in [0.1, 0.15) is 6.04 Å². The van der Waals surface area contributed by atoms with Gasteiger partial charge in [0.25, 0.3) is 0 Å². The summed E-state index contributed by atoms with van der Waals surface area (Å²) >= 11 is 0. The lowest BCUT2D eigenvalue weighted by molar-refractivity contribution is -0.117. The average Bonchev–Trinajstić information content (AvgIpc) is 3.18. The number of fused-ring (bicyclic) bond motifs is 3. The van der Waals surface area contributed by atoms with E-state index >= 15 is 0 Å². The summed E-state index contributed by atoms with van der Waals surface area (Å²) in [4.78, 5) is 38.5. The van der Waals surface area contributed by atoms with Crippen LogP contribution in [0.15, 0.2) is 36.4 Å². The molecule has 28 heavy (non-hydrogen) atoms. The normalized spacial score (nSPS) is 17.6. The van der Waals surface area contributed by atoms with Crippen LogP contribution >= 0.6 is 0 Å². The van der Waals surface area contributed by atoms with E-state index in [0.29, 0.717) is 5.69 Å². The van der Waals surface area contributed by atoms with E-state index in [2.05, 4.69) is 5.32 Å². The lowest BCUT2D eigenvalue weighted by Gasteiger charge is -2.33. The van der Waals surface area contributed by atoms with Crippen LogP contribution in [0.25, 0.3) is 0 Å². The number of carbonyl (C=O) groups is 3. The molecule has 1 amide bonds. The van der Waals surface area contributed by atoms with Crippen molar-refractivity contribution in [2.45, 2.75) is 18.9 Å². The predicted octanol–water partition coefficient (Wildman–Crippen LogP) is 2.93. The molecule has 0 unspecified atom stereocenters. The molecule has 2 aromatic rings. The summed E-state index contributed by atoms with van der Waals surface area (Å²) < 4.78 is 31.1. The number of hydrogen-bond acceptors (Lipinski definition) is 5. The van der Waals surface area contributed by atoms with Gasteiger partial charge in [0.05, 0.1) is 16.9 Å². The van der Waals surface area contributed by atoms with E-state index in [1.54, 1.807) is 12.1 Å². The molecule has 1 N–H and O–H groups in total. The van der Waals surface area contributed by atoms with E-state index < -0.39 is 30.0 Å². The Balaban J connectivity index is 1.45. The smallest absolute Gasteiger partial charge is 0.338 e. The number of ether oxygens (including phenoxy) is 1. The van der Waals surface area contributed by atoms with Crippen molar-refractivity contribution in [2.24, 2.45) is 0 Å². The Morgan fingerprint density at radius 2 is 1.89 bits per heavy atom. The first-order valence-electron chi connectivity index (χ1n) is 8.81. The number of rotatable bonds is 4. The monoisotopic (exact) mass is 386 g/mol. The molecule has 1 fully saturated rings. The maximum atomic E-state index is 13.2. The van der Waals surface area contributed by atoms with Gasteiger partial charge in [-0.1, -0.05) is 0 Å². The van der Waals surface area contributed by atoms with Crippen molar-refractivity contribution in [3.05, 3.63) is 59.2 Å². The quantitative estimate of drug-likeness (QED) is 0.646. The zero-order valence-electron chi connectivity index (χ0n) is 14.7. The van der Waals surface area contributed by atoms with Gasteiger partial charge >= 0.3 is 5.97 Å². The van der Waals surface area contributed by atoms with E-state index in [9.17, 15) is 23.2 Å². The molecule has 0 aromatic heterocycles. The first-order chi connectivity index (χ1) is 13.4. The van der Waals surface area contributed by atoms with Crippen molar-refractivity contribution in [2.75, 3.05) is 23.4 Å². The maximum absolute atomic E-state index is 13.2. The SMILES string of the molecule is O=C(COC(=O)c1ccc2c(c1)NC(=O)[C@H]1CCCN21)c1ccc(F)c(F)c1. The predicted molar refractivity (Wildman–Crippen MR) is 96.4 cm³/mol. The maximum Gasteiger partial charge on any atom is 0.338 e. The number of amides is 1. The minimum Gasteiger partial charge on any atom is -0.454 e. The van der Waals surface area contributed by atoms with Crippen LogP contribution in [-0.4, -0.2) is 36.9 Å². The Morgan fingerprint density at radius 1 is 1.11 bits per heavy atom. The number of halogens is 2. The van der Waals surface area contributed by atoms with Crippen molar-refractivity contribution in [3.63, 3.8) is 0 Å². The van der Waals surface area contributed by atoms with Crippen LogP contribution in [-0.2, 0) is 9.53 Å². The Hall–Kier alpha value is -3.29. The van der Waals surface area contributed by atoms with E-state index in [1.807, 2.05) is 4.90 Å². The summed E-state index contributed by atoms with van der Waals surface area (Å²) in [6.45, 7) is 0.166.